The van der Waals surface area contributed by atoms with Crippen molar-refractivity contribution in [3.8, 4) is 5.75 Å². The highest BCUT2D eigenvalue weighted by atomic mass is 35.5. The molecule has 1 rings (SSSR count). The zero-order chi connectivity index (χ0) is 12.7. The summed E-state index contributed by atoms with van der Waals surface area (Å²) in [5, 5.41) is 3.40. The molecule has 1 aromatic carbocycles. The molecule has 3 nitrogen and oxygen atoms in total. The number of rotatable bonds is 5. The first kappa shape index (κ1) is 13.6. The Morgan fingerprint density at radius 3 is 2.94 bits per heavy atom. The van der Waals surface area contributed by atoms with Crippen LogP contribution in [0.2, 0.25) is 5.02 Å². The minimum Gasteiger partial charge on any atom is -0.497 e. The van der Waals surface area contributed by atoms with E-state index in [1.54, 1.807) is 13.2 Å². The van der Waals surface area contributed by atoms with Gasteiger partial charge >= 0.3 is 0 Å². The van der Waals surface area contributed by atoms with E-state index in [0.29, 0.717) is 11.6 Å². The monoisotopic (exact) mass is 253 g/mol. The lowest BCUT2D eigenvalue weighted by atomic mass is 10.2. The number of nitrogens with one attached hydrogen (secondary N) is 1. The van der Waals surface area contributed by atoms with E-state index in [1.807, 2.05) is 24.3 Å². The standard InChI is InChI=1S/C13H16ClNO2/c1-10(16)15-8-4-3-5-11-9-12(17-2)6-7-13(11)14/h3,5-7,9H,4,8H2,1-2H3,(H,15,16). The van der Waals surface area contributed by atoms with Gasteiger partial charge in [0, 0.05) is 18.5 Å². The topological polar surface area (TPSA) is 38.3 Å². The molecule has 1 amide bonds. The van der Waals surface area contributed by atoms with E-state index < -0.39 is 0 Å². The number of hydrogen-bond acceptors (Lipinski definition) is 2. The number of carbonyl (C=O) groups excluding carboxylic acids is 1. The first-order valence-electron chi connectivity index (χ1n) is 5.38. The average molecular weight is 254 g/mol. The summed E-state index contributed by atoms with van der Waals surface area (Å²) in [6.07, 6.45) is 4.66. The highest BCUT2D eigenvalue weighted by molar-refractivity contribution is 6.32. The Morgan fingerprint density at radius 2 is 2.29 bits per heavy atom. The second-order valence-corrected chi connectivity index (χ2v) is 3.97. The molecule has 1 aromatic rings. The van der Waals surface area contributed by atoms with Gasteiger partial charge in [0.15, 0.2) is 0 Å². The van der Waals surface area contributed by atoms with Gasteiger partial charge in [0.1, 0.15) is 5.75 Å². The Kier molecular flexibility index (Phi) is 5.57. The predicted molar refractivity (Wildman–Crippen MR) is 70.3 cm³/mol. The van der Waals surface area contributed by atoms with E-state index in [0.717, 1.165) is 17.7 Å². The summed E-state index contributed by atoms with van der Waals surface area (Å²) in [6, 6.07) is 5.49. The summed E-state index contributed by atoms with van der Waals surface area (Å²) in [4.78, 5) is 10.6. The van der Waals surface area contributed by atoms with E-state index >= 15 is 0 Å². The Labute approximate surface area is 106 Å². The van der Waals surface area contributed by atoms with Crippen molar-refractivity contribution in [1.82, 2.24) is 5.32 Å². The summed E-state index contributed by atoms with van der Waals surface area (Å²) < 4.78 is 5.12. The van der Waals surface area contributed by atoms with Crippen molar-refractivity contribution in [3.05, 3.63) is 34.9 Å². The lowest BCUT2D eigenvalue weighted by Gasteiger charge is -2.03. The molecule has 17 heavy (non-hydrogen) atoms. The number of amides is 1. The molecule has 0 unspecified atom stereocenters. The minimum atomic E-state index is -0.0159. The Balaban J connectivity index is 2.55. The molecule has 0 aliphatic carbocycles. The fourth-order valence-corrected chi connectivity index (χ4v) is 1.50. The molecule has 0 aromatic heterocycles. The van der Waals surface area contributed by atoms with Crippen molar-refractivity contribution >= 4 is 23.6 Å². The molecule has 0 saturated heterocycles. The quantitative estimate of drug-likeness (QED) is 0.820. The van der Waals surface area contributed by atoms with Gasteiger partial charge in [0.25, 0.3) is 0 Å². The number of ether oxygens (including phenoxy) is 1. The Bertz CT molecular complexity index is 416. The lowest BCUT2D eigenvalue weighted by molar-refractivity contribution is -0.118. The van der Waals surface area contributed by atoms with Crippen LogP contribution < -0.4 is 10.1 Å². The third kappa shape index (κ3) is 4.91. The van der Waals surface area contributed by atoms with Crippen molar-refractivity contribution in [2.45, 2.75) is 13.3 Å². The van der Waals surface area contributed by atoms with E-state index in [9.17, 15) is 4.79 Å². The van der Waals surface area contributed by atoms with Crippen LogP contribution in [0.25, 0.3) is 6.08 Å². The fourth-order valence-electron chi connectivity index (χ4n) is 1.32. The summed E-state index contributed by atoms with van der Waals surface area (Å²) >= 11 is 6.04. The molecular formula is C13H16ClNO2. The van der Waals surface area contributed by atoms with Crippen LogP contribution in [0.5, 0.6) is 5.75 Å². The molecule has 0 aliphatic rings. The maximum absolute atomic E-state index is 10.6. The van der Waals surface area contributed by atoms with Crippen molar-refractivity contribution < 1.29 is 9.53 Å². The maximum Gasteiger partial charge on any atom is 0.216 e. The van der Waals surface area contributed by atoms with Gasteiger partial charge in [-0.25, -0.2) is 0 Å². The molecule has 0 aliphatic heterocycles. The molecular weight excluding hydrogens is 238 g/mol. The highest BCUT2D eigenvalue weighted by Gasteiger charge is 1.98. The summed E-state index contributed by atoms with van der Waals surface area (Å²) in [5.41, 5.74) is 0.911. The second kappa shape index (κ2) is 6.97. The van der Waals surface area contributed by atoms with E-state index in [-0.39, 0.29) is 5.91 Å². The second-order valence-electron chi connectivity index (χ2n) is 3.56. The van der Waals surface area contributed by atoms with Gasteiger partial charge < -0.3 is 10.1 Å². The molecule has 0 fully saturated rings. The summed E-state index contributed by atoms with van der Waals surface area (Å²) in [5.74, 6) is 0.758. The van der Waals surface area contributed by atoms with Crippen LogP contribution in [0.3, 0.4) is 0 Å². The average Bonchev–Trinajstić information content (AvgIpc) is 2.30. The summed E-state index contributed by atoms with van der Waals surface area (Å²) in [6.45, 7) is 2.13. The first-order chi connectivity index (χ1) is 8.13. The smallest absolute Gasteiger partial charge is 0.216 e. The van der Waals surface area contributed by atoms with Crippen molar-refractivity contribution in [2.75, 3.05) is 13.7 Å². The number of halogens is 1. The molecule has 4 heteroatoms. The molecule has 92 valence electrons. The maximum atomic E-state index is 10.6. The zero-order valence-corrected chi connectivity index (χ0v) is 10.8. The Morgan fingerprint density at radius 1 is 1.53 bits per heavy atom. The van der Waals surface area contributed by atoms with Crippen LogP contribution in [-0.2, 0) is 4.79 Å². The lowest BCUT2D eigenvalue weighted by Crippen LogP contribution is -2.20. The highest BCUT2D eigenvalue weighted by Crippen LogP contribution is 2.23. The van der Waals surface area contributed by atoms with E-state index in [4.69, 9.17) is 16.3 Å². The van der Waals surface area contributed by atoms with Crippen molar-refractivity contribution in [3.63, 3.8) is 0 Å². The molecule has 0 bridgehead atoms. The van der Waals surface area contributed by atoms with Crippen LogP contribution in [-0.4, -0.2) is 19.6 Å². The van der Waals surface area contributed by atoms with Gasteiger partial charge in [-0.05, 0) is 30.2 Å². The number of methoxy groups -OCH3 is 1. The minimum absolute atomic E-state index is 0.0159. The van der Waals surface area contributed by atoms with Crippen LogP contribution in [0.15, 0.2) is 24.3 Å². The number of hydrogen-bond donors (Lipinski definition) is 1. The van der Waals surface area contributed by atoms with Crippen LogP contribution >= 0.6 is 11.6 Å². The van der Waals surface area contributed by atoms with Gasteiger partial charge in [-0.15, -0.1) is 0 Å². The van der Waals surface area contributed by atoms with Gasteiger partial charge in [-0.3, -0.25) is 4.79 Å². The van der Waals surface area contributed by atoms with Gasteiger partial charge in [-0.2, -0.15) is 0 Å². The van der Waals surface area contributed by atoms with Crippen LogP contribution in [0.4, 0.5) is 0 Å². The predicted octanol–water partition coefficient (Wildman–Crippen LogP) is 2.89. The fraction of sp³-hybridized carbons (Fsp3) is 0.308. The number of carbonyl (C=O) groups is 1. The molecule has 1 N–H and O–H groups in total. The van der Waals surface area contributed by atoms with E-state index in [2.05, 4.69) is 5.32 Å². The zero-order valence-electron chi connectivity index (χ0n) is 10.00. The first-order valence-corrected chi connectivity index (χ1v) is 5.76. The Hall–Kier alpha value is -1.48. The molecule has 0 heterocycles. The summed E-state index contributed by atoms with van der Waals surface area (Å²) in [7, 11) is 1.62. The van der Waals surface area contributed by atoms with Crippen LogP contribution in [0.1, 0.15) is 18.9 Å². The third-order valence-electron chi connectivity index (χ3n) is 2.19. The third-order valence-corrected chi connectivity index (χ3v) is 2.53. The van der Waals surface area contributed by atoms with Crippen LogP contribution in [0, 0.1) is 0 Å². The molecule has 0 spiro atoms. The molecule has 0 atom stereocenters. The molecule has 0 saturated carbocycles. The largest absolute Gasteiger partial charge is 0.497 e. The number of benzene rings is 1. The van der Waals surface area contributed by atoms with Gasteiger partial charge in [0.05, 0.1) is 7.11 Å². The normalized spacial score (nSPS) is 10.5. The van der Waals surface area contributed by atoms with E-state index in [1.165, 1.54) is 6.92 Å². The molecule has 0 radical (unpaired) electrons. The van der Waals surface area contributed by atoms with Gasteiger partial charge in [0.2, 0.25) is 5.91 Å². The van der Waals surface area contributed by atoms with Gasteiger partial charge in [-0.1, -0.05) is 23.8 Å². The SMILES string of the molecule is COc1ccc(Cl)c(C=CCCNC(C)=O)c1. The van der Waals surface area contributed by atoms with Crippen molar-refractivity contribution in [2.24, 2.45) is 0 Å². The van der Waals surface area contributed by atoms with Crippen molar-refractivity contribution in [1.29, 1.82) is 0 Å².